The number of ether oxygens (including phenoxy) is 1. The van der Waals surface area contributed by atoms with E-state index in [0.29, 0.717) is 17.4 Å². The molecule has 0 radical (unpaired) electrons. The fourth-order valence-corrected chi connectivity index (χ4v) is 1.66. The van der Waals surface area contributed by atoms with Gasteiger partial charge >= 0.3 is 0 Å². The second-order valence-electron chi connectivity index (χ2n) is 3.36. The first-order valence-electron chi connectivity index (χ1n) is 4.80. The molecule has 1 aliphatic heterocycles. The molecule has 0 aromatic carbocycles. The topological polar surface area (TPSA) is 51.2 Å². The van der Waals surface area contributed by atoms with Crippen LogP contribution >= 0.6 is 11.6 Å². The number of carbonyl (C=O) groups is 1. The maximum atomic E-state index is 11.6. The molecule has 0 spiro atoms. The van der Waals surface area contributed by atoms with Crippen LogP contribution in [0.3, 0.4) is 0 Å². The minimum absolute atomic E-state index is 0.116. The van der Waals surface area contributed by atoms with Crippen LogP contribution in [0.2, 0.25) is 5.15 Å². The summed E-state index contributed by atoms with van der Waals surface area (Å²) in [5.41, 5.74) is 0.649. The molecule has 1 aromatic heterocycles. The van der Waals surface area contributed by atoms with Gasteiger partial charge in [0.15, 0.2) is 0 Å². The normalized spacial score (nSPS) is 20.2. The van der Waals surface area contributed by atoms with Crippen molar-refractivity contribution in [2.45, 2.75) is 18.9 Å². The van der Waals surface area contributed by atoms with E-state index < -0.39 is 0 Å². The van der Waals surface area contributed by atoms with Crippen LogP contribution in [0.5, 0.6) is 0 Å². The molecule has 5 heteroatoms. The molecule has 1 amide bonds. The lowest BCUT2D eigenvalue weighted by molar-refractivity contribution is -0.124. The van der Waals surface area contributed by atoms with E-state index in [9.17, 15) is 4.79 Å². The molecule has 4 nitrogen and oxygen atoms in total. The molecule has 2 heterocycles. The molecule has 1 aromatic rings. The molecular formula is C10H11ClN2O2. The third-order valence-corrected chi connectivity index (χ3v) is 2.42. The van der Waals surface area contributed by atoms with Crippen LogP contribution in [-0.4, -0.2) is 23.6 Å². The Kier molecular flexibility index (Phi) is 3.18. The highest BCUT2D eigenvalue weighted by molar-refractivity contribution is 6.29. The molecule has 1 aliphatic rings. The summed E-state index contributed by atoms with van der Waals surface area (Å²) < 4.78 is 5.26. The van der Waals surface area contributed by atoms with Gasteiger partial charge in [0.05, 0.1) is 0 Å². The number of anilines is 1. The van der Waals surface area contributed by atoms with Crippen molar-refractivity contribution in [3.63, 3.8) is 0 Å². The Hall–Kier alpha value is -1.13. The van der Waals surface area contributed by atoms with Crippen molar-refractivity contribution in [2.24, 2.45) is 0 Å². The molecule has 0 aliphatic carbocycles. The fraction of sp³-hybridized carbons (Fsp3) is 0.400. The second kappa shape index (κ2) is 4.59. The quantitative estimate of drug-likeness (QED) is 0.783. The molecule has 0 saturated carbocycles. The first kappa shape index (κ1) is 10.4. The van der Waals surface area contributed by atoms with Crippen LogP contribution in [-0.2, 0) is 9.53 Å². The summed E-state index contributed by atoms with van der Waals surface area (Å²) in [5, 5.41) is 3.10. The van der Waals surface area contributed by atoms with Gasteiger partial charge in [-0.3, -0.25) is 4.79 Å². The number of amides is 1. The monoisotopic (exact) mass is 226 g/mol. The number of nitrogens with zero attached hydrogens (tertiary/aromatic N) is 1. The van der Waals surface area contributed by atoms with Crippen molar-refractivity contribution < 1.29 is 9.53 Å². The van der Waals surface area contributed by atoms with Gasteiger partial charge in [-0.2, -0.15) is 0 Å². The number of carbonyl (C=O) groups excluding carboxylic acids is 1. The Labute approximate surface area is 92.6 Å². The summed E-state index contributed by atoms with van der Waals surface area (Å²) in [6.45, 7) is 0.662. The lowest BCUT2D eigenvalue weighted by Crippen LogP contribution is -2.26. The Morgan fingerprint density at radius 2 is 2.53 bits per heavy atom. The molecular weight excluding hydrogens is 216 g/mol. The van der Waals surface area contributed by atoms with Gasteiger partial charge in [-0.25, -0.2) is 4.98 Å². The third kappa shape index (κ3) is 2.67. The number of hydrogen-bond acceptors (Lipinski definition) is 3. The van der Waals surface area contributed by atoms with E-state index in [1.54, 1.807) is 18.3 Å². The smallest absolute Gasteiger partial charge is 0.253 e. The average Bonchev–Trinajstić information content (AvgIpc) is 2.70. The summed E-state index contributed by atoms with van der Waals surface area (Å²) in [4.78, 5) is 15.5. The van der Waals surface area contributed by atoms with Crippen LogP contribution in [0, 0.1) is 0 Å². The van der Waals surface area contributed by atoms with Crippen LogP contribution in [0.4, 0.5) is 5.69 Å². The van der Waals surface area contributed by atoms with Gasteiger partial charge in [0.1, 0.15) is 11.3 Å². The van der Waals surface area contributed by atoms with Crippen molar-refractivity contribution in [3.05, 3.63) is 23.5 Å². The minimum atomic E-state index is -0.322. The molecule has 80 valence electrons. The summed E-state index contributed by atoms with van der Waals surface area (Å²) in [6.07, 6.45) is 2.95. The van der Waals surface area contributed by atoms with Crippen LogP contribution in [0.25, 0.3) is 0 Å². The van der Waals surface area contributed by atoms with Crippen molar-refractivity contribution in [3.8, 4) is 0 Å². The predicted octanol–water partition coefficient (Wildman–Crippen LogP) is 1.85. The van der Waals surface area contributed by atoms with E-state index in [-0.39, 0.29) is 12.0 Å². The lowest BCUT2D eigenvalue weighted by Gasteiger charge is -2.09. The Morgan fingerprint density at radius 1 is 1.67 bits per heavy atom. The van der Waals surface area contributed by atoms with Crippen molar-refractivity contribution in [1.29, 1.82) is 0 Å². The van der Waals surface area contributed by atoms with E-state index in [0.717, 1.165) is 12.8 Å². The van der Waals surface area contributed by atoms with Gasteiger partial charge in [-0.1, -0.05) is 11.6 Å². The summed E-state index contributed by atoms with van der Waals surface area (Å²) in [7, 11) is 0. The number of nitrogens with one attached hydrogen (secondary N) is 1. The van der Waals surface area contributed by atoms with Gasteiger partial charge in [0.2, 0.25) is 0 Å². The zero-order valence-electron chi connectivity index (χ0n) is 8.07. The number of aromatic nitrogens is 1. The first-order chi connectivity index (χ1) is 7.25. The van der Waals surface area contributed by atoms with Crippen molar-refractivity contribution in [1.82, 2.24) is 4.98 Å². The zero-order valence-corrected chi connectivity index (χ0v) is 8.83. The summed E-state index contributed by atoms with van der Waals surface area (Å²) in [5.74, 6) is -0.116. The molecule has 0 unspecified atom stereocenters. The molecule has 2 rings (SSSR count). The second-order valence-corrected chi connectivity index (χ2v) is 3.75. The van der Waals surface area contributed by atoms with E-state index in [4.69, 9.17) is 16.3 Å². The summed E-state index contributed by atoms with van der Waals surface area (Å²) >= 11 is 5.69. The van der Waals surface area contributed by atoms with Gasteiger partial charge in [-0.05, 0) is 25.0 Å². The maximum absolute atomic E-state index is 11.6. The molecule has 0 bridgehead atoms. The predicted molar refractivity (Wildman–Crippen MR) is 56.9 cm³/mol. The first-order valence-corrected chi connectivity index (χ1v) is 5.17. The Balaban J connectivity index is 1.99. The maximum Gasteiger partial charge on any atom is 0.253 e. The highest BCUT2D eigenvalue weighted by atomic mass is 35.5. The molecule has 1 atom stereocenters. The fourth-order valence-electron chi connectivity index (χ4n) is 1.49. The molecule has 1 fully saturated rings. The van der Waals surface area contributed by atoms with E-state index >= 15 is 0 Å². The van der Waals surface area contributed by atoms with Crippen molar-refractivity contribution >= 4 is 23.2 Å². The summed E-state index contributed by atoms with van der Waals surface area (Å²) in [6, 6.07) is 3.30. The largest absolute Gasteiger partial charge is 0.368 e. The highest BCUT2D eigenvalue weighted by Gasteiger charge is 2.23. The zero-order chi connectivity index (χ0) is 10.7. The van der Waals surface area contributed by atoms with Crippen LogP contribution in [0.1, 0.15) is 12.8 Å². The number of halogens is 1. The van der Waals surface area contributed by atoms with Gasteiger partial charge < -0.3 is 10.1 Å². The highest BCUT2D eigenvalue weighted by Crippen LogP contribution is 2.16. The van der Waals surface area contributed by atoms with Crippen LogP contribution < -0.4 is 5.32 Å². The Bertz CT molecular complexity index is 364. The van der Waals surface area contributed by atoms with Crippen molar-refractivity contribution in [2.75, 3.05) is 11.9 Å². The van der Waals surface area contributed by atoms with E-state index in [2.05, 4.69) is 10.3 Å². The molecule has 1 N–H and O–H groups in total. The van der Waals surface area contributed by atoms with E-state index in [1.165, 1.54) is 0 Å². The van der Waals surface area contributed by atoms with Gasteiger partial charge in [-0.15, -0.1) is 0 Å². The molecule has 15 heavy (non-hydrogen) atoms. The number of rotatable bonds is 2. The minimum Gasteiger partial charge on any atom is -0.368 e. The number of hydrogen-bond donors (Lipinski definition) is 1. The van der Waals surface area contributed by atoms with Gasteiger partial charge in [0.25, 0.3) is 5.91 Å². The number of pyridine rings is 1. The average molecular weight is 227 g/mol. The molecule has 1 saturated heterocycles. The SMILES string of the molecule is O=C(Nc1ccnc(Cl)c1)[C@H]1CCCO1. The third-order valence-electron chi connectivity index (χ3n) is 2.22. The Morgan fingerprint density at radius 3 is 3.20 bits per heavy atom. The van der Waals surface area contributed by atoms with E-state index in [1.807, 2.05) is 0 Å². The lowest BCUT2D eigenvalue weighted by atomic mass is 10.2. The van der Waals surface area contributed by atoms with Gasteiger partial charge in [0, 0.05) is 18.5 Å². The van der Waals surface area contributed by atoms with Crippen LogP contribution in [0.15, 0.2) is 18.3 Å². The standard InChI is InChI=1S/C10H11ClN2O2/c11-9-6-7(3-4-12-9)13-10(14)8-2-1-5-15-8/h3-4,6,8H,1-2,5H2,(H,12,13,14)/t8-/m1/s1.